The largest absolute Gasteiger partial charge is 0.497 e. The highest BCUT2D eigenvalue weighted by molar-refractivity contribution is 6.13. The molecule has 1 aliphatic heterocycles. The van der Waals surface area contributed by atoms with Crippen molar-refractivity contribution in [3.63, 3.8) is 0 Å². The summed E-state index contributed by atoms with van der Waals surface area (Å²) in [5.41, 5.74) is 2.47. The molecule has 0 bridgehead atoms. The van der Waals surface area contributed by atoms with Crippen molar-refractivity contribution < 1.29 is 23.9 Å². The molecule has 1 fully saturated rings. The van der Waals surface area contributed by atoms with Crippen molar-refractivity contribution in [2.24, 2.45) is 0 Å². The van der Waals surface area contributed by atoms with Crippen molar-refractivity contribution in [1.29, 1.82) is 0 Å². The number of ether oxygens (including phenoxy) is 2. The zero-order chi connectivity index (χ0) is 27.8. The number of carbonyl (C=O) groups is 3. The van der Waals surface area contributed by atoms with Gasteiger partial charge in [0, 0.05) is 36.4 Å². The molecule has 9 nitrogen and oxygen atoms in total. The first-order valence-corrected chi connectivity index (χ1v) is 13.0. The van der Waals surface area contributed by atoms with Crippen LogP contribution in [-0.2, 0) is 4.74 Å². The fraction of sp³-hybridized carbons (Fsp3) is 0.300. The average molecular weight is 567 g/mol. The van der Waals surface area contributed by atoms with Crippen LogP contribution in [0.25, 0.3) is 0 Å². The van der Waals surface area contributed by atoms with Gasteiger partial charge in [-0.05, 0) is 87.6 Å². The highest BCUT2D eigenvalue weighted by atomic mass is 35.5. The molecular weight excluding hydrogens is 532 g/mol. The van der Waals surface area contributed by atoms with Gasteiger partial charge < -0.3 is 29.9 Å². The minimum absolute atomic E-state index is 0. The highest BCUT2D eigenvalue weighted by Crippen LogP contribution is 2.29. The average Bonchev–Trinajstić information content (AvgIpc) is 3.18. The monoisotopic (exact) mass is 566 g/mol. The molecule has 0 saturated carbocycles. The van der Waals surface area contributed by atoms with Gasteiger partial charge in [-0.2, -0.15) is 0 Å². The van der Waals surface area contributed by atoms with Crippen LogP contribution in [0.3, 0.4) is 0 Å². The summed E-state index contributed by atoms with van der Waals surface area (Å²) >= 11 is 0. The maximum absolute atomic E-state index is 13.3. The van der Waals surface area contributed by atoms with Crippen LogP contribution in [0.15, 0.2) is 66.7 Å². The standard InChI is InChI=1S/C30H34N4O5.ClH/c1-4-39-30(37)25-7-5-8-26(31-28(35)22-11-15-24(38-3)16-12-22)27(25)32-29(36)21-9-13-23(14-10-21)34-18-6-17-33(2)19-20-34;/h5,7-16H,4,6,17-20H2,1-3H3,(H,31,35)(H,32,36);1H. The molecule has 3 aromatic carbocycles. The Bertz CT molecular complexity index is 1310. The zero-order valence-corrected chi connectivity index (χ0v) is 23.8. The second-order valence-electron chi connectivity index (χ2n) is 9.28. The van der Waals surface area contributed by atoms with Crippen LogP contribution in [-0.4, -0.2) is 69.6 Å². The van der Waals surface area contributed by atoms with Gasteiger partial charge >= 0.3 is 5.97 Å². The smallest absolute Gasteiger partial charge is 0.340 e. The molecular formula is C30H35ClN4O5. The number of nitrogens with zero attached hydrogens (tertiary/aromatic N) is 2. The number of halogens is 1. The molecule has 1 heterocycles. The second-order valence-corrected chi connectivity index (χ2v) is 9.28. The molecule has 1 saturated heterocycles. The van der Waals surface area contributed by atoms with Crippen molar-refractivity contribution in [3.05, 3.63) is 83.4 Å². The first-order chi connectivity index (χ1) is 18.9. The summed E-state index contributed by atoms with van der Waals surface area (Å²) in [5.74, 6) is -0.789. The molecule has 1 aliphatic rings. The fourth-order valence-electron chi connectivity index (χ4n) is 4.42. The van der Waals surface area contributed by atoms with E-state index >= 15 is 0 Å². The predicted octanol–water partition coefficient (Wildman–Crippen LogP) is 4.94. The quantitative estimate of drug-likeness (QED) is 0.372. The molecule has 4 rings (SSSR count). The summed E-state index contributed by atoms with van der Waals surface area (Å²) in [7, 11) is 3.67. The lowest BCUT2D eigenvalue weighted by molar-refractivity contribution is 0.0527. The number of methoxy groups -OCH3 is 1. The number of amides is 2. The molecule has 10 heteroatoms. The lowest BCUT2D eigenvalue weighted by Gasteiger charge is -2.23. The lowest BCUT2D eigenvalue weighted by Crippen LogP contribution is -2.28. The van der Waals surface area contributed by atoms with Gasteiger partial charge in [0.15, 0.2) is 0 Å². The van der Waals surface area contributed by atoms with E-state index in [4.69, 9.17) is 9.47 Å². The van der Waals surface area contributed by atoms with E-state index in [-0.39, 0.29) is 36.0 Å². The minimum atomic E-state index is -0.602. The lowest BCUT2D eigenvalue weighted by atomic mass is 10.1. The van der Waals surface area contributed by atoms with Crippen LogP contribution >= 0.6 is 12.4 Å². The second kappa shape index (κ2) is 14.3. The number of nitrogens with one attached hydrogen (secondary N) is 2. The summed E-state index contributed by atoms with van der Waals surface area (Å²) in [4.78, 5) is 43.6. The molecule has 0 unspecified atom stereocenters. The molecule has 0 spiro atoms. The van der Waals surface area contributed by atoms with Gasteiger partial charge in [0.1, 0.15) is 5.75 Å². The number of esters is 1. The Labute approximate surface area is 240 Å². The molecule has 0 aliphatic carbocycles. The number of para-hydroxylation sites is 1. The predicted molar refractivity (Wildman–Crippen MR) is 159 cm³/mol. The van der Waals surface area contributed by atoms with Crippen molar-refractivity contribution in [3.8, 4) is 5.75 Å². The van der Waals surface area contributed by atoms with Gasteiger partial charge in [-0.25, -0.2) is 4.79 Å². The highest BCUT2D eigenvalue weighted by Gasteiger charge is 2.21. The van der Waals surface area contributed by atoms with Crippen LogP contribution in [0, 0.1) is 0 Å². The SMILES string of the molecule is CCOC(=O)c1cccc(NC(=O)c2ccc(OC)cc2)c1NC(=O)c1ccc(N2CCCN(C)CC2)cc1.Cl. The minimum Gasteiger partial charge on any atom is -0.497 e. The number of benzene rings is 3. The fourth-order valence-corrected chi connectivity index (χ4v) is 4.42. The molecule has 0 aromatic heterocycles. The molecule has 0 radical (unpaired) electrons. The summed E-state index contributed by atoms with van der Waals surface area (Å²) in [6.07, 6.45) is 1.08. The van der Waals surface area contributed by atoms with Crippen molar-refractivity contribution in [1.82, 2.24) is 4.90 Å². The van der Waals surface area contributed by atoms with E-state index in [1.54, 1.807) is 68.6 Å². The van der Waals surface area contributed by atoms with Crippen molar-refractivity contribution in [2.45, 2.75) is 13.3 Å². The van der Waals surface area contributed by atoms with Gasteiger partial charge in [-0.1, -0.05) is 6.07 Å². The van der Waals surface area contributed by atoms with Gasteiger partial charge in [-0.15, -0.1) is 12.4 Å². The number of hydrogen-bond acceptors (Lipinski definition) is 7. The molecule has 0 atom stereocenters. The van der Waals surface area contributed by atoms with Crippen molar-refractivity contribution in [2.75, 3.05) is 62.5 Å². The third-order valence-corrected chi connectivity index (χ3v) is 6.61. The Kier molecular flexibility index (Phi) is 10.9. The van der Waals surface area contributed by atoms with E-state index in [2.05, 4.69) is 27.5 Å². The van der Waals surface area contributed by atoms with Gasteiger partial charge in [0.2, 0.25) is 0 Å². The van der Waals surface area contributed by atoms with E-state index in [0.29, 0.717) is 16.9 Å². The van der Waals surface area contributed by atoms with Crippen molar-refractivity contribution >= 4 is 47.3 Å². The van der Waals surface area contributed by atoms with Gasteiger partial charge in [0.05, 0.1) is 30.7 Å². The Hall–Kier alpha value is -4.08. The van der Waals surface area contributed by atoms with E-state index in [1.807, 2.05) is 12.1 Å². The molecule has 40 heavy (non-hydrogen) atoms. The number of hydrogen-bond donors (Lipinski definition) is 2. The van der Waals surface area contributed by atoms with Crippen LogP contribution < -0.4 is 20.3 Å². The van der Waals surface area contributed by atoms with Crippen LogP contribution in [0.2, 0.25) is 0 Å². The van der Waals surface area contributed by atoms with Crippen LogP contribution in [0.1, 0.15) is 44.4 Å². The third-order valence-electron chi connectivity index (χ3n) is 6.61. The number of anilines is 3. The summed E-state index contributed by atoms with van der Waals surface area (Å²) in [5, 5.41) is 5.64. The number of rotatable bonds is 8. The van der Waals surface area contributed by atoms with Crippen LogP contribution in [0.4, 0.5) is 17.1 Å². The Morgan fingerprint density at radius 1 is 0.825 bits per heavy atom. The maximum atomic E-state index is 13.3. The van der Waals surface area contributed by atoms with Gasteiger partial charge in [0.25, 0.3) is 11.8 Å². The Morgan fingerprint density at radius 3 is 2.12 bits per heavy atom. The first kappa shape index (κ1) is 30.5. The van der Waals surface area contributed by atoms with Crippen LogP contribution in [0.5, 0.6) is 5.75 Å². The Morgan fingerprint density at radius 2 is 1.48 bits per heavy atom. The summed E-state index contributed by atoms with van der Waals surface area (Å²) in [6, 6.07) is 18.8. The topological polar surface area (TPSA) is 100 Å². The van der Waals surface area contributed by atoms with E-state index in [0.717, 1.165) is 38.3 Å². The summed E-state index contributed by atoms with van der Waals surface area (Å²) < 4.78 is 10.4. The molecule has 3 aromatic rings. The number of carbonyl (C=O) groups excluding carboxylic acids is 3. The van der Waals surface area contributed by atoms with E-state index in [1.165, 1.54) is 0 Å². The zero-order valence-electron chi connectivity index (χ0n) is 22.9. The molecule has 2 amide bonds. The maximum Gasteiger partial charge on any atom is 0.340 e. The van der Waals surface area contributed by atoms with E-state index in [9.17, 15) is 14.4 Å². The number of likely N-dealkylation sites (N-methyl/N-ethyl adjacent to an activating group) is 1. The molecule has 212 valence electrons. The van der Waals surface area contributed by atoms with E-state index < -0.39 is 17.8 Å². The van der Waals surface area contributed by atoms with Gasteiger partial charge in [-0.3, -0.25) is 9.59 Å². The molecule has 2 N–H and O–H groups in total. The Balaban J connectivity index is 0.00000441. The summed E-state index contributed by atoms with van der Waals surface area (Å²) in [6.45, 7) is 5.80. The normalized spacial score (nSPS) is 13.4. The third kappa shape index (κ3) is 7.52. The first-order valence-electron chi connectivity index (χ1n) is 13.0.